The Morgan fingerprint density at radius 1 is 1.33 bits per heavy atom. The van der Waals surface area contributed by atoms with Crippen LogP contribution in [0.1, 0.15) is 49.3 Å². The second kappa shape index (κ2) is 6.30. The number of nitrogens with one attached hydrogen (secondary N) is 1. The van der Waals surface area contributed by atoms with E-state index in [1.54, 1.807) is 0 Å². The molecule has 0 aliphatic heterocycles. The van der Waals surface area contributed by atoms with Gasteiger partial charge < -0.3 is 5.32 Å². The number of rotatable bonds is 3. The molecule has 1 amide bonds. The molecule has 0 saturated heterocycles. The fourth-order valence-electron chi connectivity index (χ4n) is 2.93. The van der Waals surface area contributed by atoms with Crippen molar-refractivity contribution in [1.82, 2.24) is 5.32 Å². The number of nitrogens with zero attached hydrogens (tertiary/aromatic N) is 1. The summed E-state index contributed by atoms with van der Waals surface area (Å²) in [6, 6.07) is 8.43. The molecule has 0 spiro atoms. The molecule has 0 heterocycles. The van der Waals surface area contributed by atoms with Gasteiger partial charge in [-0.2, -0.15) is 5.26 Å². The van der Waals surface area contributed by atoms with Gasteiger partial charge in [-0.05, 0) is 62.1 Å². The molecule has 1 aliphatic rings. The van der Waals surface area contributed by atoms with Crippen LogP contribution < -0.4 is 5.32 Å². The number of amides is 1. The van der Waals surface area contributed by atoms with E-state index in [2.05, 4.69) is 38.2 Å². The number of hydrogen-bond acceptors (Lipinski definition) is 2. The lowest BCUT2D eigenvalue weighted by Crippen LogP contribution is -2.50. The minimum Gasteiger partial charge on any atom is -0.338 e. The molecular weight excluding hydrogens is 260 g/mol. The third-order valence-electron chi connectivity index (χ3n) is 4.66. The van der Waals surface area contributed by atoms with Gasteiger partial charge in [0.2, 0.25) is 5.91 Å². The van der Waals surface area contributed by atoms with Crippen LogP contribution in [0, 0.1) is 31.1 Å². The lowest BCUT2D eigenvalue weighted by Gasteiger charge is -2.34. The highest BCUT2D eigenvalue weighted by Crippen LogP contribution is 2.31. The first-order chi connectivity index (χ1) is 9.94. The molecular formula is C18H24N2O. The van der Waals surface area contributed by atoms with E-state index in [1.807, 2.05) is 12.1 Å². The van der Waals surface area contributed by atoms with E-state index in [4.69, 9.17) is 0 Å². The summed E-state index contributed by atoms with van der Waals surface area (Å²) >= 11 is 0. The zero-order valence-corrected chi connectivity index (χ0v) is 13.2. The quantitative estimate of drug-likeness (QED) is 0.924. The molecule has 0 aromatic heterocycles. The lowest BCUT2D eigenvalue weighted by molar-refractivity contribution is -0.122. The highest BCUT2D eigenvalue weighted by molar-refractivity contribution is 5.80. The average molecular weight is 284 g/mol. The average Bonchev–Trinajstić information content (AvgIpc) is 2.46. The Morgan fingerprint density at radius 2 is 2.00 bits per heavy atom. The summed E-state index contributed by atoms with van der Waals surface area (Å²) in [4.78, 5) is 12.3. The topological polar surface area (TPSA) is 52.9 Å². The number of carbonyl (C=O) groups excluding carboxylic acids is 1. The van der Waals surface area contributed by atoms with Gasteiger partial charge in [0.1, 0.15) is 5.54 Å². The van der Waals surface area contributed by atoms with Crippen molar-refractivity contribution in [3.8, 4) is 6.07 Å². The number of hydrogen-bond donors (Lipinski definition) is 1. The molecule has 1 N–H and O–H groups in total. The van der Waals surface area contributed by atoms with E-state index in [9.17, 15) is 10.1 Å². The van der Waals surface area contributed by atoms with Crippen LogP contribution in [0.2, 0.25) is 0 Å². The smallest absolute Gasteiger partial charge is 0.225 e. The summed E-state index contributed by atoms with van der Waals surface area (Å²) in [6.07, 6.45) is 3.90. The SMILES string of the molecule is Cc1ccc(CC(=O)NC2(C#N)CCC(C)CC2)cc1C. The van der Waals surface area contributed by atoms with Crippen molar-refractivity contribution in [1.29, 1.82) is 5.26 Å². The second-order valence-electron chi connectivity index (χ2n) is 6.52. The van der Waals surface area contributed by atoms with Gasteiger partial charge in [0.25, 0.3) is 0 Å². The minimum atomic E-state index is -0.649. The van der Waals surface area contributed by atoms with Gasteiger partial charge in [0, 0.05) is 0 Å². The van der Waals surface area contributed by atoms with Gasteiger partial charge in [-0.3, -0.25) is 4.79 Å². The number of carbonyl (C=O) groups is 1. The molecule has 1 saturated carbocycles. The first-order valence-corrected chi connectivity index (χ1v) is 7.72. The van der Waals surface area contributed by atoms with Crippen LogP contribution in [0.5, 0.6) is 0 Å². The Balaban J connectivity index is 2.00. The van der Waals surface area contributed by atoms with Crippen LogP contribution >= 0.6 is 0 Å². The van der Waals surface area contributed by atoms with Gasteiger partial charge in [0.05, 0.1) is 12.5 Å². The number of nitriles is 1. The Labute approximate surface area is 127 Å². The van der Waals surface area contributed by atoms with Crippen molar-refractivity contribution < 1.29 is 4.79 Å². The third kappa shape index (κ3) is 3.85. The summed E-state index contributed by atoms with van der Waals surface area (Å²) in [5.74, 6) is 0.609. The Morgan fingerprint density at radius 3 is 2.57 bits per heavy atom. The predicted octanol–water partition coefficient (Wildman–Crippen LogP) is 3.43. The van der Waals surface area contributed by atoms with Crippen molar-refractivity contribution in [2.24, 2.45) is 5.92 Å². The molecule has 1 fully saturated rings. The van der Waals surface area contributed by atoms with Crippen LogP contribution in [0.4, 0.5) is 0 Å². The van der Waals surface area contributed by atoms with Gasteiger partial charge in [-0.15, -0.1) is 0 Å². The van der Waals surface area contributed by atoms with Crippen molar-refractivity contribution in [3.63, 3.8) is 0 Å². The number of aryl methyl sites for hydroxylation is 2. The molecule has 1 aliphatic carbocycles. The summed E-state index contributed by atoms with van der Waals surface area (Å²) in [6.45, 7) is 6.32. The van der Waals surface area contributed by atoms with Gasteiger partial charge in [-0.1, -0.05) is 25.1 Å². The van der Waals surface area contributed by atoms with Crippen molar-refractivity contribution in [3.05, 3.63) is 34.9 Å². The van der Waals surface area contributed by atoms with E-state index in [1.165, 1.54) is 11.1 Å². The van der Waals surface area contributed by atoms with Crippen molar-refractivity contribution in [2.75, 3.05) is 0 Å². The van der Waals surface area contributed by atoms with Gasteiger partial charge in [0.15, 0.2) is 0 Å². The highest BCUT2D eigenvalue weighted by atomic mass is 16.1. The molecule has 2 rings (SSSR count). The largest absolute Gasteiger partial charge is 0.338 e. The molecule has 3 nitrogen and oxygen atoms in total. The maximum Gasteiger partial charge on any atom is 0.225 e. The van der Waals surface area contributed by atoms with Crippen LogP contribution in [0.25, 0.3) is 0 Å². The normalized spacial score (nSPS) is 25.1. The molecule has 0 unspecified atom stereocenters. The zero-order chi connectivity index (χ0) is 15.5. The second-order valence-corrected chi connectivity index (χ2v) is 6.52. The summed E-state index contributed by atoms with van der Waals surface area (Å²) in [5, 5.41) is 12.4. The first kappa shape index (κ1) is 15.6. The fraction of sp³-hybridized carbons (Fsp3) is 0.556. The maximum absolute atomic E-state index is 12.3. The molecule has 1 aromatic rings. The van der Waals surface area contributed by atoms with Crippen LogP contribution in [-0.2, 0) is 11.2 Å². The Kier molecular flexibility index (Phi) is 4.67. The summed E-state index contributed by atoms with van der Waals surface area (Å²) in [7, 11) is 0. The summed E-state index contributed by atoms with van der Waals surface area (Å²) < 4.78 is 0. The Bertz CT molecular complexity index is 563. The van der Waals surface area contributed by atoms with Crippen LogP contribution in [-0.4, -0.2) is 11.4 Å². The minimum absolute atomic E-state index is 0.0469. The van der Waals surface area contributed by atoms with E-state index in [0.29, 0.717) is 12.3 Å². The monoisotopic (exact) mass is 284 g/mol. The standard InChI is InChI=1S/C18H24N2O/c1-13-6-8-18(12-19,9-7-13)20-17(21)11-16-5-4-14(2)15(3)10-16/h4-5,10,13H,6-9,11H2,1-3H3,(H,20,21). The highest BCUT2D eigenvalue weighted by Gasteiger charge is 2.35. The number of benzene rings is 1. The molecule has 0 bridgehead atoms. The molecule has 112 valence electrons. The fourth-order valence-corrected chi connectivity index (χ4v) is 2.93. The van der Waals surface area contributed by atoms with E-state index in [0.717, 1.165) is 31.2 Å². The predicted molar refractivity (Wildman–Crippen MR) is 83.7 cm³/mol. The molecule has 0 radical (unpaired) electrons. The van der Waals surface area contributed by atoms with E-state index < -0.39 is 5.54 Å². The van der Waals surface area contributed by atoms with Gasteiger partial charge >= 0.3 is 0 Å². The van der Waals surface area contributed by atoms with E-state index in [-0.39, 0.29) is 5.91 Å². The maximum atomic E-state index is 12.3. The van der Waals surface area contributed by atoms with Crippen LogP contribution in [0.15, 0.2) is 18.2 Å². The van der Waals surface area contributed by atoms with E-state index >= 15 is 0 Å². The third-order valence-corrected chi connectivity index (χ3v) is 4.66. The van der Waals surface area contributed by atoms with Crippen LogP contribution in [0.3, 0.4) is 0 Å². The summed E-state index contributed by atoms with van der Waals surface area (Å²) in [5.41, 5.74) is 2.78. The zero-order valence-electron chi connectivity index (χ0n) is 13.2. The molecule has 0 atom stereocenters. The van der Waals surface area contributed by atoms with Gasteiger partial charge in [-0.25, -0.2) is 0 Å². The molecule has 3 heteroatoms. The molecule has 1 aromatic carbocycles. The van der Waals surface area contributed by atoms with Crippen molar-refractivity contribution in [2.45, 2.75) is 58.4 Å². The molecule has 21 heavy (non-hydrogen) atoms. The lowest BCUT2D eigenvalue weighted by atomic mass is 9.78. The Hall–Kier alpha value is -1.82. The first-order valence-electron chi connectivity index (χ1n) is 7.72. The van der Waals surface area contributed by atoms with Crippen molar-refractivity contribution >= 4 is 5.91 Å².